The zero-order valence-electron chi connectivity index (χ0n) is 7.32. The van der Waals surface area contributed by atoms with Gasteiger partial charge in [0, 0.05) is 0 Å². The third-order valence-electron chi connectivity index (χ3n) is 1.90. The molecule has 16 heavy (non-hydrogen) atoms. The summed E-state index contributed by atoms with van der Waals surface area (Å²) in [6, 6.07) is -2.05. The number of nitrogens with one attached hydrogen (secondary N) is 1. The van der Waals surface area contributed by atoms with E-state index in [1.807, 2.05) is 0 Å². The largest absolute Gasteiger partial charge is 0.452 e. The molecule has 0 radical (unpaired) electrons. The fourth-order valence-corrected chi connectivity index (χ4v) is 1.12. The Bertz CT molecular complexity index is 284. The molecule has 1 heterocycles. The van der Waals surface area contributed by atoms with Crippen molar-refractivity contribution >= 4 is 5.97 Å². The van der Waals surface area contributed by atoms with Gasteiger partial charge in [0.2, 0.25) is 0 Å². The summed E-state index contributed by atoms with van der Waals surface area (Å²) in [6.45, 7) is -1.23. The maximum absolute atomic E-state index is 12.3. The SMILES string of the molecule is O=C1OC(C(F)(F)F)(C(F)(F)F)NC1CO. The quantitative estimate of drug-likeness (QED) is 0.521. The fourth-order valence-electron chi connectivity index (χ4n) is 1.12. The van der Waals surface area contributed by atoms with Gasteiger partial charge in [-0.25, -0.2) is 5.32 Å². The van der Waals surface area contributed by atoms with Gasteiger partial charge in [0.25, 0.3) is 0 Å². The van der Waals surface area contributed by atoms with Crippen LogP contribution in [0.4, 0.5) is 26.3 Å². The Hall–Kier alpha value is -1.03. The van der Waals surface area contributed by atoms with E-state index >= 15 is 0 Å². The molecule has 0 aromatic carbocycles. The third-order valence-corrected chi connectivity index (χ3v) is 1.90. The zero-order chi connectivity index (χ0) is 12.8. The molecule has 0 amide bonds. The third kappa shape index (κ3) is 1.71. The summed E-state index contributed by atoms with van der Waals surface area (Å²) < 4.78 is 76.8. The van der Waals surface area contributed by atoms with Crippen LogP contribution in [0.3, 0.4) is 0 Å². The molecule has 0 saturated carbocycles. The van der Waals surface area contributed by atoms with Gasteiger partial charge in [-0.3, -0.25) is 4.79 Å². The van der Waals surface area contributed by atoms with Crippen LogP contribution in [0.1, 0.15) is 0 Å². The van der Waals surface area contributed by atoms with Gasteiger partial charge < -0.3 is 9.84 Å². The van der Waals surface area contributed by atoms with Crippen LogP contribution in [0, 0.1) is 0 Å². The fraction of sp³-hybridized carbons (Fsp3) is 0.833. The number of halogens is 6. The molecule has 0 aromatic heterocycles. The molecule has 1 atom stereocenters. The van der Waals surface area contributed by atoms with E-state index in [0.29, 0.717) is 0 Å². The number of hydrogen-bond acceptors (Lipinski definition) is 4. The van der Waals surface area contributed by atoms with Crippen LogP contribution in [0.2, 0.25) is 0 Å². The molecule has 0 bridgehead atoms. The highest BCUT2D eigenvalue weighted by atomic mass is 19.4. The van der Waals surface area contributed by atoms with Gasteiger partial charge in [-0.2, -0.15) is 26.3 Å². The van der Waals surface area contributed by atoms with E-state index in [1.165, 1.54) is 0 Å². The standard InChI is InChI=1S/C6H5F6NO3/c7-5(8,9)4(6(10,11)12)13-2(1-14)3(15)16-4/h2,13-14H,1H2. The second-order valence-corrected chi connectivity index (χ2v) is 2.98. The van der Waals surface area contributed by atoms with Crippen molar-refractivity contribution in [3.63, 3.8) is 0 Å². The predicted molar refractivity (Wildman–Crippen MR) is 34.9 cm³/mol. The lowest BCUT2D eigenvalue weighted by atomic mass is 10.2. The van der Waals surface area contributed by atoms with Crippen LogP contribution in [0.5, 0.6) is 0 Å². The Kier molecular flexibility index (Phi) is 2.84. The zero-order valence-corrected chi connectivity index (χ0v) is 7.32. The van der Waals surface area contributed by atoms with Gasteiger partial charge in [0.15, 0.2) is 0 Å². The highest BCUT2D eigenvalue weighted by Crippen LogP contribution is 2.46. The number of carbonyl (C=O) groups excluding carboxylic acids is 1. The van der Waals surface area contributed by atoms with Crippen molar-refractivity contribution in [3.05, 3.63) is 0 Å². The minimum atomic E-state index is -5.87. The van der Waals surface area contributed by atoms with Crippen molar-refractivity contribution in [1.82, 2.24) is 5.32 Å². The van der Waals surface area contributed by atoms with Crippen molar-refractivity contribution in [2.45, 2.75) is 24.1 Å². The molecule has 1 saturated heterocycles. The van der Waals surface area contributed by atoms with Gasteiger partial charge in [0.1, 0.15) is 6.04 Å². The van der Waals surface area contributed by atoms with Crippen LogP contribution in [0.25, 0.3) is 0 Å². The summed E-state index contributed by atoms with van der Waals surface area (Å²) in [7, 11) is 0. The highest BCUT2D eigenvalue weighted by molar-refractivity contribution is 5.78. The number of hydrogen-bond donors (Lipinski definition) is 2. The maximum Gasteiger partial charge on any atom is 0.452 e. The van der Waals surface area contributed by atoms with E-state index < -0.39 is 36.7 Å². The monoisotopic (exact) mass is 253 g/mol. The van der Waals surface area contributed by atoms with E-state index in [4.69, 9.17) is 5.11 Å². The topological polar surface area (TPSA) is 58.6 Å². The van der Waals surface area contributed by atoms with E-state index in [2.05, 4.69) is 4.74 Å². The first-order valence-corrected chi connectivity index (χ1v) is 3.80. The van der Waals surface area contributed by atoms with E-state index in [-0.39, 0.29) is 0 Å². The van der Waals surface area contributed by atoms with Gasteiger partial charge in [-0.15, -0.1) is 0 Å². The van der Waals surface area contributed by atoms with Crippen LogP contribution in [0.15, 0.2) is 0 Å². The van der Waals surface area contributed by atoms with Gasteiger partial charge >= 0.3 is 24.0 Å². The summed E-state index contributed by atoms with van der Waals surface area (Å²) in [5.41, 5.74) is -4.75. The van der Waals surface area contributed by atoms with Gasteiger partial charge in [0.05, 0.1) is 6.61 Å². The van der Waals surface area contributed by atoms with Gasteiger partial charge in [-0.1, -0.05) is 0 Å². The number of rotatable bonds is 1. The molecule has 4 nitrogen and oxygen atoms in total. The Morgan fingerprint density at radius 1 is 1.25 bits per heavy atom. The molecule has 1 aliphatic rings. The first-order chi connectivity index (χ1) is 7.05. The molecule has 0 aliphatic carbocycles. The molecule has 94 valence electrons. The average molecular weight is 253 g/mol. The van der Waals surface area contributed by atoms with Crippen LogP contribution in [-0.4, -0.2) is 41.8 Å². The molecule has 1 aliphatic heterocycles. The molecule has 1 rings (SSSR count). The van der Waals surface area contributed by atoms with Crippen LogP contribution in [-0.2, 0) is 9.53 Å². The highest BCUT2D eigenvalue weighted by Gasteiger charge is 2.78. The molecule has 1 unspecified atom stereocenters. The second kappa shape index (κ2) is 3.48. The predicted octanol–water partition coefficient (Wildman–Crippen LogP) is 0.315. The molecule has 2 N–H and O–H groups in total. The van der Waals surface area contributed by atoms with Crippen molar-refractivity contribution in [3.8, 4) is 0 Å². The Morgan fingerprint density at radius 2 is 1.69 bits per heavy atom. The number of cyclic esters (lactones) is 1. The number of aliphatic hydroxyl groups excluding tert-OH is 1. The first-order valence-electron chi connectivity index (χ1n) is 3.80. The van der Waals surface area contributed by atoms with Gasteiger partial charge in [-0.05, 0) is 0 Å². The summed E-state index contributed by atoms with van der Waals surface area (Å²) in [4.78, 5) is 10.7. The second-order valence-electron chi connectivity index (χ2n) is 2.98. The van der Waals surface area contributed by atoms with E-state index in [1.54, 1.807) is 0 Å². The summed E-state index contributed by atoms with van der Waals surface area (Å²) in [5, 5.41) is 9.31. The number of esters is 1. The number of carbonyl (C=O) groups is 1. The Labute approximate surface area is 84.2 Å². The van der Waals surface area contributed by atoms with Crippen LogP contribution >= 0.6 is 0 Å². The summed E-state index contributed by atoms with van der Waals surface area (Å²) in [6.07, 6.45) is -11.7. The lowest BCUT2D eigenvalue weighted by Crippen LogP contribution is -2.65. The number of aliphatic hydroxyl groups is 1. The van der Waals surface area contributed by atoms with Crippen molar-refractivity contribution < 1.29 is 41.0 Å². The number of alkyl halides is 6. The Balaban J connectivity index is 3.16. The lowest BCUT2D eigenvalue weighted by molar-refractivity contribution is -0.369. The van der Waals surface area contributed by atoms with Crippen LogP contribution < -0.4 is 5.32 Å². The maximum atomic E-state index is 12.3. The molecular formula is C6H5F6NO3. The molecule has 10 heteroatoms. The average Bonchev–Trinajstić information content (AvgIpc) is 2.41. The minimum absolute atomic E-state index is 0.912. The van der Waals surface area contributed by atoms with Crippen molar-refractivity contribution in [2.75, 3.05) is 6.61 Å². The summed E-state index contributed by atoms with van der Waals surface area (Å²) >= 11 is 0. The lowest BCUT2D eigenvalue weighted by Gasteiger charge is -2.31. The van der Waals surface area contributed by atoms with E-state index in [0.717, 1.165) is 5.32 Å². The first kappa shape index (κ1) is 13.0. The Morgan fingerprint density at radius 3 is 1.88 bits per heavy atom. The molecule has 1 fully saturated rings. The normalized spacial score (nSPS) is 25.7. The molecule has 0 spiro atoms. The molecule has 0 aromatic rings. The summed E-state index contributed by atoms with van der Waals surface area (Å²) in [5.74, 6) is -1.81. The smallest absolute Gasteiger partial charge is 0.424 e. The molecular weight excluding hydrogens is 248 g/mol. The van der Waals surface area contributed by atoms with Crippen molar-refractivity contribution in [2.24, 2.45) is 0 Å². The minimum Gasteiger partial charge on any atom is -0.424 e. The van der Waals surface area contributed by atoms with E-state index in [9.17, 15) is 31.1 Å². The van der Waals surface area contributed by atoms with Crippen molar-refractivity contribution in [1.29, 1.82) is 0 Å². The number of ether oxygens (including phenoxy) is 1.